The number of hydrogen-bond acceptors (Lipinski definition) is 4. The van der Waals surface area contributed by atoms with Crippen LogP contribution in [0.2, 0.25) is 5.15 Å². The van der Waals surface area contributed by atoms with Gasteiger partial charge < -0.3 is 0 Å². The van der Waals surface area contributed by atoms with E-state index in [4.69, 9.17) is 23.8 Å². The van der Waals surface area contributed by atoms with E-state index in [0.29, 0.717) is 16.5 Å². The summed E-state index contributed by atoms with van der Waals surface area (Å²) < 4.78 is 3.82. The molecule has 0 radical (unpaired) electrons. The highest BCUT2D eigenvalue weighted by atomic mass is 35.5. The fourth-order valence-corrected chi connectivity index (χ4v) is 2.84. The maximum absolute atomic E-state index is 6.48. The Kier molecular flexibility index (Phi) is 4.92. The maximum Gasteiger partial charge on any atom is 0.216 e. The summed E-state index contributed by atoms with van der Waals surface area (Å²) in [6, 6.07) is 10.1. The van der Waals surface area contributed by atoms with Gasteiger partial charge in [0.1, 0.15) is 5.15 Å². The zero-order chi connectivity index (χ0) is 17.1. The van der Waals surface area contributed by atoms with Crippen LogP contribution in [0.25, 0.3) is 0 Å². The lowest BCUT2D eigenvalue weighted by Crippen LogP contribution is -2.02. The molecule has 0 spiro atoms. The number of nitrogens with zero attached hydrogens (tertiary/aromatic N) is 5. The SMILES string of the molecule is CCc1n[nH]c(=S)n1/N=C/c1c(C)nn(Cc2ccccc2)c1Cl. The number of hydrogen-bond donors (Lipinski definition) is 1. The number of aromatic amines is 1. The van der Waals surface area contributed by atoms with Gasteiger partial charge in [0.05, 0.1) is 24.0 Å². The Labute approximate surface area is 149 Å². The van der Waals surface area contributed by atoms with Gasteiger partial charge in [-0.2, -0.15) is 20.0 Å². The summed E-state index contributed by atoms with van der Waals surface area (Å²) in [4.78, 5) is 0. The summed E-state index contributed by atoms with van der Waals surface area (Å²) in [6.07, 6.45) is 2.40. The highest BCUT2D eigenvalue weighted by Gasteiger charge is 2.12. The van der Waals surface area contributed by atoms with E-state index in [9.17, 15) is 0 Å². The summed E-state index contributed by atoms with van der Waals surface area (Å²) in [5.74, 6) is 0.765. The summed E-state index contributed by atoms with van der Waals surface area (Å²) in [5, 5.41) is 16.3. The molecular weight excluding hydrogens is 344 g/mol. The largest absolute Gasteiger partial charge is 0.250 e. The molecule has 1 N–H and O–H groups in total. The minimum atomic E-state index is 0.452. The zero-order valence-corrected chi connectivity index (χ0v) is 15.0. The molecule has 3 aromatic rings. The van der Waals surface area contributed by atoms with Crippen molar-refractivity contribution in [1.82, 2.24) is 24.7 Å². The third-order valence-electron chi connectivity index (χ3n) is 3.62. The van der Waals surface area contributed by atoms with Gasteiger partial charge in [0.25, 0.3) is 0 Å². The summed E-state index contributed by atoms with van der Waals surface area (Å²) >= 11 is 11.7. The predicted molar refractivity (Wildman–Crippen MR) is 97.3 cm³/mol. The first-order valence-corrected chi connectivity index (χ1v) is 8.36. The van der Waals surface area contributed by atoms with E-state index in [2.05, 4.69) is 20.4 Å². The minimum absolute atomic E-state index is 0.452. The van der Waals surface area contributed by atoms with Crippen molar-refractivity contribution < 1.29 is 0 Å². The van der Waals surface area contributed by atoms with Gasteiger partial charge in [-0.05, 0) is 24.7 Å². The Morgan fingerprint density at radius 1 is 1.33 bits per heavy atom. The van der Waals surface area contributed by atoms with Gasteiger partial charge in [-0.3, -0.25) is 5.10 Å². The van der Waals surface area contributed by atoms with Gasteiger partial charge in [0.2, 0.25) is 4.77 Å². The van der Waals surface area contributed by atoms with Crippen molar-refractivity contribution in [3.63, 3.8) is 0 Å². The molecule has 0 bridgehead atoms. The number of aryl methyl sites for hydroxylation is 2. The van der Waals surface area contributed by atoms with Crippen LogP contribution in [0.3, 0.4) is 0 Å². The first-order valence-electron chi connectivity index (χ1n) is 7.57. The molecule has 3 rings (SSSR count). The van der Waals surface area contributed by atoms with Crippen molar-refractivity contribution in [2.75, 3.05) is 0 Å². The van der Waals surface area contributed by atoms with Crippen LogP contribution in [0.5, 0.6) is 0 Å². The van der Waals surface area contributed by atoms with E-state index in [1.54, 1.807) is 15.6 Å². The number of nitrogens with one attached hydrogen (secondary N) is 1. The van der Waals surface area contributed by atoms with Crippen molar-refractivity contribution in [2.24, 2.45) is 5.10 Å². The Balaban J connectivity index is 1.91. The Morgan fingerprint density at radius 2 is 2.08 bits per heavy atom. The molecular formula is C16H17ClN6S. The van der Waals surface area contributed by atoms with Crippen LogP contribution in [0.15, 0.2) is 35.4 Å². The quantitative estimate of drug-likeness (QED) is 0.558. The summed E-state index contributed by atoms with van der Waals surface area (Å²) in [5.41, 5.74) is 2.72. The number of H-pyrrole nitrogens is 1. The molecule has 8 heteroatoms. The zero-order valence-electron chi connectivity index (χ0n) is 13.4. The molecule has 2 heterocycles. The van der Waals surface area contributed by atoms with Crippen LogP contribution >= 0.6 is 23.8 Å². The van der Waals surface area contributed by atoms with Crippen molar-refractivity contribution in [3.05, 3.63) is 62.9 Å². The Morgan fingerprint density at radius 3 is 2.79 bits per heavy atom. The minimum Gasteiger partial charge on any atom is -0.250 e. The van der Waals surface area contributed by atoms with E-state index in [1.807, 2.05) is 44.2 Å². The molecule has 24 heavy (non-hydrogen) atoms. The smallest absolute Gasteiger partial charge is 0.216 e. The molecule has 6 nitrogen and oxygen atoms in total. The standard InChI is InChI=1S/C16H17ClN6S/c1-3-14-19-20-16(24)23(14)18-9-13-11(2)21-22(15(13)17)10-12-7-5-4-6-8-12/h4-9H,3,10H2,1-2H3,(H,20,24)/b18-9+. The number of aromatic nitrogens is 5. The van der Waals surface area contributed by atoms with E-state index in [1.165, 1.54) is 0 Å². The highest BCUT2D eigenvalue weighted by Crippen LogP contribution is 2.19. The third kappa shape index (κ3) is 3.32. The third-order valence-corrected chi connectivity index (χ3v) is 4.28. The first kappa shape index (κ1) is 16.6. The van der Waals surface area contributed by atoms with Crippen molar-refractivity contribution in [3.8, 4) is 0 Å². The van der Waals surface area contributed by atoms with Crippen molar-refractivity contribution in [1.29, 1.82) is 0 Å². The molecule has 0 fully saturated rings. The number of rotatable bonds is 5. The molecule has 0 atom stereocenters. The molecule has 0 amide bonds. The van der Waals surface area contributed by atoms with Crippen LogP contribution in [0.1, 0.15) is 29.6 Å². The predicted octanol–water partition coefficient (Wildman–Crippen LogP) is 3.59. The van der Waals surface area contributed by atoms with Crippen molar-refractivity contribution >= 4 is 30.0 Å². The maximum atomic E-state index is 6.48. The normalized spacial score (nSPS) is 11.5. The summed E-state index contributed by atoms with van der Waals surface area (Å²) in [6.45, 7) is 4.51. The van der Waals surface area contributed by atoms with Crippen LogP contribution in [0.4, 0.5) is 0 Å². The molecule has 0 aliphatic carbocycles. The van der Waals surface area contributed by atoms with E-state index in [-0.39, 0.29) is 0 Å². The van der Waals surface area contributed by atoms with E-state index < -0.39 is 0 Å². The molecule has 0 saturated carbocycles. The van der Waals surface area contributed by atoms with Gasteiger partial charge in [0, 0.05) is 6.42 Å². The van der Waals surface area contributed by atoms with Gasteiger partial charge >= 0.3 is 0 Å². The second kappa shape index (κ2) is 7.11. The first-order chi connectivity index (χ1) is 11.6. The van der Waals surface area contributed by atoms with Crippen LogP contribution in [-0.2, 0) is 13.0 Å². The lowest BCUT2D eigenvalue weighted by molar-refractivity contribution is 0.680. The second-order valence-electron chi connectivity index (χ2n) is 5.29. The average Bonchev–Trinajstić information content (AvgIpc) is 3.07. The molecule has 0 aliphatic heterocycles. The molecule has 0 saturated heterocycles. The van der Waals surface area contributed by atoms with Crippen LogP contribution in [-0.4, -0.2) is 30.9 Å². The Hall–Kier alpha value is -2.25. The van der Waals surface area contributed by atoms with Gasteiger partial charge in [-0.25, -0.2) is 4.68 Å². The molecule has 2 aromatic heterocycles. The summed E-state index contributed by atoms with van der Waals surface area (Å²) in [7, 11) is 0. The van der Waals surface area contributed by atoms with Crippen LogP contribution in [0, 0.1) is 11.7 Å². The molecule has 124 valence electrons. The Bertz CT molecular complexity index is 922. The molecule has 0 unspecified atom stereocenters. The fraction of sp³-hybridized carbons (Fsp3) is 0.250. The second-order valence-corrected chi connectivity index (χ2v) is 6.03. The lowest BCUT2D eigenvalue weighted by Gasteiger charge is -2.03. The van der Waals surface area contributed by atoms with E-state index in [0.717, 1.165) is 29.1 Å². The van der Waals surface area contributed by atoms with Crippen LogP contribution < -0.4 is 0 Å². The lowest BCUT2D eigenvalue weighted by atomic mass is 10.2. The molecule has 1 aromatic carbocycles. The average molecular weight is 361 g/mol. The number of halogens is 1. The van der Waals surface area contributed by atoms with Crippen molar-refractivity contribution in [2.45, 2.75) is 26.8 Å². The topological polar surface area (TPSA) is 63.8 Å². The van der Waals surface area contributed by atoms with Gasteiger partial charge in [-0.1, -0.05) is 48.9 Å². The van der Waals surface area contributed by atoms with Gasteiger partial charge in [-0.15, -0.1) is 0 Å². The monoisotopic (exact) mass is 360 g/mol. The molecule has 0 aliphatic rings. The van der Waals surface area contributed by atoms with Gasteiger partial charge in [0.15, 0.2) is 5.82 Å². The number of benzene rings is 1. The van der Waals surface area contributed by atoms with E-state index >= 15 is 0 Å². The fourth-order valence-electron chi connectivity index (χ4n) is 2.36. The highest BCUT2D eigenvalue weighted by molar-refractivity contribution is 7.71.